The predicted octanol–water partition coefficient (Wildman–Crippen LogP) is 7.11. The maximum absolute atomic E-state index is 14.4. The Hall–Kier alpha value is -5.69. The first-order valence-electron chi connectivity index (χ1n) is 19.0. The smallest absolute Gasteiger partial charge is 0.346 e. The van der Waals surface area contributed by atoms with Crippen molar-refractivity contribution in [3.05, 3.63) is 46.5 Å². The lowest BCUT2D eigenvalue weighted by molar-refractivity contribution is -0.143. The van der Waals surface area contributed by atoms with E-state index in [1.54, 1.807) is 24.3 Å². The number of hydrogen-bond acceptors (Lipinski definition) is 12. The van der Waals surface area contributed by atoms with Gasteiger partial charge in [0.2, 0.25) is 0 Å². The van der Waals surface area contributed by atoms with Crippen molar-refractivity contribution in [2.45, 2.75) is 66.2 Å². The van der Waals surface area contributed by atoms with Gasteiger partial charge in [-0.15, -0.1) is 0 Å². The molecule has 55 heavy (non-hydrogen) atoms. The number of carbonyl (C=O) groups is 5. The highest BCUT2D eigenvalue weighted by Gasteiger charge is 2.39. The van der Waals surface area contributed by atoms with Crippen molar-refractivity contribution >= 4 is 72.8 Å². The molecule has 288 valence electrons. The molecule has 2 heterocycles. The van der Waals surface area contributed by atoms with E-state index < -0.39 is 23.8 Å². The van der Waals surface area contributed by atoms with Crippen LogP contribution in [0.5, 0.6) is 23.0 Å². The number of rotatable bonds is 18. The number of hydrogen-bond donors (Lipinski definition) is 1. The number of benzene rings is 5. The second-order valence-corrected chi connectivity index (χ2v) is 13.3. The fraction of sp³-hybridized carbons (Fsp3) is 0.405. The average molecular weight is 754 g/mol. The molecule has 5 aromatic rings. The fourth-order valence-electron chi connectivity index (χ4n) is 7.87. The van der Waals surface area contributed by atoms with Gasteiger partial charge in [-0.1, -0.05) is 6.42 Å². The number of unbranched alkanes of at least 4 members (excludes halogenated alkanes) is 3. The Morgan fingerprint density at radius 3 is 1.44 bits per heavy atom. The number of cyclic esters (lactones) is 2. The van der Waals surface area contributed by atoms with E-state index in [1.165, 1.54) is 4.90 Å². The SMILES string of the molecule is CCOc1cc2c3c(cc(OCC)c4c5c(OCC)cc6c7c(cc(OCC)c(c1c34)c75)C(=O)N(CCCCOC(=O)CCCCCO)C6=O)C(=O)OC2=O. The Bertz CT molecular complexity index is 2240. The van der Waals surface area contributed by atoms with Crippen LogP contribution in [-0.2, 0) is 14.3 Å². The van der Waals surface area contributed by atoms with Gasteiger partial charge < -0.3 is 33.5 Å². The fourth-order valence-corrected chi connectivity index (χ4v) is 7.87. The zero-order chi connectivity index (χ0) is 39.0. The Balaban J connectivity index is 1.44. The number of aliphatic hydroxyl groups is 1. The maximum atomic E-state index is 14.4. The third-order valence-corrected chi connectivity index (χ3v) is 10.0. The third kappa shape index (κ3) is 6.29. The minimum Gasteiger partial charge on any atom is -0.493 e. The topological polar surface area (TPSA) is 164 Å². The summed E-state index contributed by atoms with van der Waals surface area (Å²) in [5.41, 5.74) is 0.832. The van der Waals surface area contributed by atoms with Crippen LogP contribution >= 0.6 is 0 Å². The van der Waals surface area contributed by atoms with E-state index in [0.29, 0.717) is 91.8 Å². The third-order valence-electron chi connectivity index (χ3n) is 10.0. The molecule has 0 saturated carbocycles. The summed E-state index contributed by atoms with van der Waals surface area (Å²) >= 11 is 0. The van der Waals surface area contributed by atoms with Crippen LogP contribution in [0.1, 0.15) is 108 Å². The standard InChI is InChI=1S/C42H43NO12/c1-5-50-26-18-22-31-23(40(47)43(39(22)46)15-11-13-17-54-30(45)14-10-9-12-16-44)19-27(51-6-2)34-36-29(53-8-4)21-25-32-24(41(48)55-42(25)49)20-28(52-7-3)35(38(32)36)33(26)37(31)34/h18-21,44H,5-17H2,1-4H3. The van der Waals surface area contributed by atoms with Gasteiger partial charge in [0.15, 0.2) is 0 Å². The van der Waals surface area contributed by atoms with Gasteiger partial charge >= 0.3 is 17.9 Å². The molecule has 7 rings (SSSR count). The number of amides is 2. The van der Waals surface area contributed by atoms with E-state index in [9.17, 15) is 24.0 Å². The van der Waals surface area contributed by atoms with Gasteiger partial charge in [-0.25, -0.2) is 9.59 Å². The first-order valence-corrected chi connectivity index (χ1v) is 19.0. The number of imide groups is 1. The van der Waals surface area contributed by atoms with Gasteiger partial charge in [-0.3, -0.25) is 19.3 Å². The lowest BCUT2D eigenvalue weighted by atomic mass is 9.81. The zero-order valence-electron chi connectivity index (χ0n) is 31.4. The summed E-state index contributed by atoms with van der Waals surface area (Å²) in [7, 11) is 0. The van der Waals surface area contributed by atoms with E-state index in [4.69, 9.17) is 33.5 Å². The van der Waals surface area contributed by atoms with E-state index in [-0.39, 0.29) is 80.8 Å². The van der Waals surface area contributed by atoms with Gasteiger partial charge in [0.05, 0.1) is 55.3 Å². The average Bonchev–Trinajstić information content (AvgIpc) is 3.16. The molecular weight excluding hydrogens is 710 g/mol. The van der Waals surface area contributed by atoms with E-state index >= 15 is 0 Å². The van der Waals surface area contributed by atoms with Gasteiger partial charge in [0, 0.05) is 62.7 Å². The Kier molecular flexibility index (Phi) is 10.7. The van der Waals surface area contributed by atoms with Crippen LogP contribution in [0.4, 0.5) is 0 Å². The normalized spacial score (nSPS) is 13.7. The summed E-state index contributed by atoms with van der Waals surface area (Å²) in [6, 6.07) is 6.42. The lowest BCUT2D eigenvalue weighted by Gasteiger charge is -2.31. The Morgan fingerprint density at radius 2 is 1.00 bits per heavy atom. The summed E-state index contributed by atoms with van der Waals surface area (Å²) in [5.74, 6) is -1.61. The molecule has 0 atom stereocenters. The molecule has 2 aliphatic rings. The highest BCUT2D eigenvalue weighted by molar-refractivity contribution is 6.44. The van der Waals surface area contributed by atoms with Crippen LogP contribution in [0.15, 0.2) is 24.3 Å². The van der Waals surface area contributed by atoms with E-state index in [1.807, 2.05) is 27.7 Å². The molecule has 0 saturated heterocycles. The quantitative estimate of drug-likeness (QED) is 0.0241. The number of ether oxygens (including phenoxy) is 6. The summed E-state index contributed by atoms with van der Waals surface area (Å²) in [5, 5.41) is 12.8. The second-order valence-electron chi connectivity index (χ2n) is 13.3. The van der Waals surface area contributed by atoms with Crippen molar-refractivity contribution in [3.63, 3.8) is 0 Å². The van der Waals surface area contributed by atoms with Crippen molar-refractivity contribution in [3.8, 4) is 23.0 Å². The molecule has 0 spiro atoms. The molecule has 0 radical (unpaired) electrons. The molecule has 13 heteroatoms. The summed E-state index contributed by atoms with van der Waals surface area (Å²) in [6.07, 6.45) is 3.11. The first-order chi connectivity index (χ1) is 26.7. The lowest BCUT2D eigenvalue weighted by Crippen LogP contribution is -2.41. The number of esters is 3. The highest BCUT2D eigenvalue weighted by Crippen LogP contribution is 2.56. The summed E-state index contributed by atoms with van der Waals surface area (Å²) in [4.78, 5) is 68.8. The predicted molar refractivity (Wildman–Crippen MR) is 203 cm³/mol. The van der Waals surface area contributed by atoms with Crippen LogP contribution in [0.25, 0.3) is 43.1 Å². The van der Waals surface area contributed by atoms with E-state index in [0.717, 1.165) is 6.42 Å². The highest BCUT2D eigenvalue weighted by atomic mass is 16.6. The van der Waals surface area contributed by atoms with Crippen molar-refractivity contribution in [2.24, 2.45) is 0 Å². The molecule has 1 N–H and O–H groups in total. The molecular formula is C42H43NO12. The molecule has 0 unspecified atom stereocenters. The van der Waals surface area contributed by atoms with Gasteiger partial charge in [0.1, 0.15) is 23.0 Å². The molecule has 13 nitrogen and oxygen atoms in total. The van der Waals surface area contributed by atoms with Crippen LogP contribution in [0.2, 0.25) is 0 Å². The van der Waals surface area contributed by atoms with Gasteiger partial charge in [-0.05, 0) is 77.6 Å². The molecule has 0 fully saturated rings. The van der Waals surface area contributed by atoms with Crippen molar-refractivity contribution in [1.29, 1.82) is 0 Å². The zero-order valence-corrected chi connectivity index (χ0v) is 31.4. The van der Waals surface area contributed by atoms with Crippen LogP contribution < -0.4 is 18.9 Å². The number of aliphatic hydroxyl groups excluding tert-OH is 1. The van der Waals surface area contributed by atoms with Crippen molar-refractivity contribution < 1.29 is 57.5 Å². The monoisotopic (exact) mass is 753 g/mol. The van der Waals surface area contributed by atoms with Crippen LogP contribution in [-0.4, -0.2) is 85.9 Å². The van der Waals surface area contributed by atoms with Gasteiger partial charge in [0.25, 0.3) is 11.8 Å². The first kappa shape index (κ1) is 37.6. The molecule has 2 aliphatic heterocycles. The molecule has 0 aliphatic carbocycles. The van der Waals surface area contributed by atoms with Crippen LogP contribution in [0, 0.1) is 0 Å². The van der Waals surface area contributed by atoms with Crippen LogP contribution in [0.3, 0.4) is 0 Å². The molecule has 0 aromatic heterocycles. The van der Waals surface area contributed by atoms with Crippen molar-refractivity contribution in [1.82, 2.24) is 4.90 Å². The number of carbonyl (C=O) groups excluding carboxylic acids is 5. The molecule has 5 aromatic carbocycles. The second kappa shape index (κ2) is 15.6. The minimum absolute atomic E-state index is 0.0857. The molecule has 2 amide bonds. The largest absolute Gasteiger partial charge is 0.493 e. The van der Waals surface area contributed by atoms with Crippen molar-refractivity contribution in [2.75, 3.05) is 46.2 Å². The summed E-state index contributed by atoms with van der Waals surface area (Å²) in [6.45, 7) is 8.52. The summed E-state index contributed by atoms with van der Waals surface area (Å²) < 4.78 is 35.6. The Morgan fingerprint density at radius 1 is 0.564 bits per heavy atom. The maximum Gasteiger partial charge on any atom is 0.346 e. The minimum atomic E-state index is -0.810. The number of nitrogens with zero attached hydrogens (tertiary/aromatic N) is 1. The number of fused-ring (bicyclic) bond motifs is 2. The molecule has 0 bridgehead atoms. The Labute approximate surface area is 316 Å². The van der Waals surface area contributed by atoms with Gasteiger partial charge in [-0.2, -0.15) is 0 Å². The van der Waals surface area contributed by atoms with E-state index in [2.05, 4.69) is 0 Å².